The van der Waals surface area contributed by atoms with Crippen molar-refractivity contribution >= 4 is 5.96 Å². The maximum Gasteiger partial charge on any atom is 0.191 e. The summed E-state index contributed by atoms with van der Waals surface area (Å²) in [6, 6.07) is 9.72. The van der Waals surface area contributed by atoms with Gasteiger partial charge in [-0.25, -0.2) is 0 Å². The van der Waals surface area contributed by atoms with Gasteiger partial charge in [-0.2, -0.15) is 0 Å². The Bertz CT molecular complexity index is 861. The van der Waals surface area contributed by atoms with E-state index in [-0.39, 0.29) is 0 Å². The summed E-state index contributed by atoms with van der Waals surface area (Å²) in [5, 5.41) is 6.66. The van der Waals surface area contributed by atoms with Crippen molar-refractivity contribution in [3.63, 3.8) is 0 Å². The summed E-state index contributed by atoms with van der Waals surface area (Å²) in [5.74, 6) is 4.29. The third kappa shape index (κ3) is 6.87. The van der Waals surface area contributed by atoms with E-state index in [0.717, 1.165) is 36.4 Å². The quantitative estimate of drug-likeness (QED) is 0.294. The summed E-state index contributed by atoms with van der Waals surface area (Å²) in [6.07, 6.45) is 1.85. The number of benzene rings is 2. The van der Waals surface area contributed by atoms with Crippen LogP contribution in [0.2, 0.25) is 0 Å². The zero-order valence-corrected chi connectivity index (χ0v) is 19.9. The lowest BCUT2D eigenvalue weighted by Crippen LogP contribution is -2.37. The van der Waals surface area contributed by atoms with Crippen LogP contribution in [0.4, 0.5) is 0 Å². The number of hydrogen-bond acceptors (Lipinski definition) is 6. The van der Waals surface area contributed by atoms with Crippen LogP contribution >= 0.6 is 0 Å². The second-order valence-corrected chi connectivity index (χ2v) is 6.88. The fourth-order valence-corrected chi connectivity index (χ4v) is 3.29. The van der Waals surface area contributed by atoms with E-state index in [2.05, 4.69) is 21.7 Å². The number of aryl methyl sites for hydroxylation is 1. The Balaban J connectivity index is 1.90. The number of nitrogens with one attached hydrogen (secondary N) is 2. The van der Waals surface area contributed by atoms with Gasteiger partial charge in [-0.05, 0) is 37.5 Å². The van der Waals surface area contributed by atoms with Crippen molar-refractivity contribution in [1.29, 1.82) is 0 Å². The molecular formula is C24H35N3O5. The third-order valence-corrected chi connectivity index (χ3v) is 4.94. The molecule has 0 aromatic heterocycles. The average Bonchev–Trinajstić information content (AvgIpc) is 2.83. The standard InChI is InChI=1S/C24H35N3O5/c1-7-32-23-13-17(10-11-20(23)29-4)9-8-12-26-24(25-2)27-16-19-21(30-5)14-18(28-3)15-22(19)31-6/h10-11,13-15H,7-9,12,16H2,1-6H3,(H2,25,26,27). The molecule has 0 aliphatic heterocycles. The number of guanidine groups is 1. The predicted molar refractivity (Wildman–Crippen MR) is 127 cm³/mol. The van der Waals surface area contributed by atoms with E-state index >= 15 is 0 Å². The third-order valence-electron chi connectivity index (χ3n) is 4.94. The van der Waals surface area contributed by atoms with Crippen molar-refractivity contribution in [2.24, 2.45) is 4.99 Å². The smallest absolute Gasteiger partial charge is 0.191 e. The molecule has 2 N–H and O–H groups in total. The zero-order valence-electron chi connectivity index (χ0n) is 19.9. The van der Waals surface area contributed by atoms with Crippen LogP contribution in [0.15, 0.2) is 35.3 Å². The summed E-state index contributed by atoms with van der Waals surface area (Å²) < 4.78 is 27.3. The SMILES string of the molecule is CCOc1cc(CCCNC(=NC)NCc2c(OC)cc(OC)cc2OC)ccc1OC. The van der Waals surface area contributed by atoms with Crippen molar-refractivity contribution in [2.75, 3.05) is 48.6 Å². The van der Waals surface area contributed by atoms with E-state index in [0.29, 0.717) is 36.4 Å². The molecule has 0 unspecified atom stereocenters. The number of nitrogens with zero attached hydrogens (tertiary/aromatic N) is 1. The monoisotopic (exact) mass is 445 g/mol. The molecule has 176 valence electrons. The second-order valence-electron chi connectivity index (χ2n) is 6.88. The highest BCUT2D eigenvalue weighted by Gasteiger charge is 2.14. The van der Waals surface area contributed by atoms with Crippen LogP contribution in [0.3, 0.4) is 0 Å². The van der Waals surface area contributed by atoms with Gasteiger partial charge in [0.25, 0.3) is 0 Å². The Morgan fingerprint density at radius 2 is 1.53 bits per heavy atom. The minimum absolute atomic E-state index is 0.492. The molecule has 0 aliphatic carbocycles. The van der Waals surface area contributed by atoms with Gasteiger partial charge in [0.05, 0.1) is 47.2 Å². The van der Waals surface area contributed by atoms with Gasteiger partial charge in [-0.1, -0.05) is 6.07 Å². The number of methoxy groups -OCH3 is 4. The number of rotatable bonds is 12. The fraction of sp³-hybridized carbons (Fsp3) is 0.458. The predicted octanol–water partition coefficient (Wildman–Crippen LogP) is 3.42. The number of ether oxygens (including phenoxy) is 5. The first-order chi connectivity index (χ1) is 15.6. The van der Waals surface area contributed by atoms with Crippen LogP contribution in [0.25, 0.3) is 0 Å². The molecule has 0 spiro atoms. The molecule has 2 aromatic rings. The Hall–Kier alpha value is -3.29. The minimum atomic E-state index is 0.492. The Labute approximate surface area is 190 Å². The van der Waals surface area contributed by atoms with E-state index in [1.165, 1.54) is 5.56 Å². The molecule has 0 radical (unpaired) electrons. The number of aliphatic imine (C=N–C) groups is 1. The molecule has 0 saturated carbocycles. The molecule has 8 nitrogen and oxygen atoms in total. The van der Waals surface area contributed by atoms with E-state index in [1.54, 1.807) is 35.5 Å². The zero-order chi connectivity index (χ0) is 23.3. The molecule has 0 aliphatic rings. The van der Waals surface area contributed by atoms with Gasteiger partial charge in [0.1, 0.15) is 17.2 Å². The molecule has 0 heterocycles. The van der Waals surface area contributed by atoms with Crippen LogP contribution in [0, 0.1) is 0 Å². The summed E-state index contributed by atoms with van der Waals surface area (Å²) in [4.78, 5) is 4.31. The molecule has 32 heavy (non-hydrogen) atoms. The van der Waals surface area contributed by atoms with Crippen molar-refractivity contribution in [3.05, 3.63) is 41.5 Å². The van der Waals surface area contributed by atoms with Gasteiger partial charge < -0.3 is 34.3 Å². The van der Waals surface area contributed by atoms with Gasteiger partial charge >= 0.3 is 0 Å². The van der Waals surface area contributed by atoms with Crippen molar-refractivity contribution in [3.8, 4) is 28.7 Å². The minimum Gasteiger partial charge on any atom is -0.496 e. The van der Waals surface area contributed by atoms with Gasteiger partial charge in [-0.15, -0.1) is 0 Å². The van der Waals surface area contributed by atoms with E-state index < -0.39 is 0 Å². The molecule has 2 aromatic carbocycles. The molecule has 0 atom stereocenters. The highest BCUT2D eigenvalue weighted by molar-refractivity contribution is 5.79. The largest absolute Gasteiger partial charge is 0.496 e. The van der Waals surface area contributed by atoms with E-state index in [4.69, 9.17) is 23.7 Å². The Kier molecular flexibility index (Phi) is 10.3. The molecular weight excluding hydrogens is 410 g/mol. The summed E-state index contributed by atoms with van der Waals surface area (Å²) in [5.41, 5.74) is 2.09. The highest BCUT2D eigenvalue weighted by Crippen LogP contribution is 2.34. The summed E-state index contributed by atoms with van der Waals surface area (Å²) in [6.45, 7) is 3.83. The molecule has 2 rings (SSSR count). The van der Waals surface area contributed by atoms with E-state index in [9.17, 15) is 0 Å². The van der Waals surface area contributed by atoms with E-state index in [1.807, 2.05) is 31.2 Å². The van der Waals surface area contributed by atoms with Gasteiger partial charge in [0.2, 0.25) is 0 Å². The lowest BCUT2D eigenvalue weighted by atomic mass is 10.1. The molecule has 8 heteroatoms. The average molecular weight is 446 g/mol. The van der Waals surface area contributed by atoms with Crippen LogP contribution in [-0.2, 0) is 13.0 Å². The normalized spacial score (nSPS) is 11.0. The first-order valence-corrected chi connectivity index (χ1v) is 10.6. The summed E-state index contributed by atoms with van der Waals surface area (Å²) in [7, 11) is 8.26. The Morgan fingerprint density at radius 1 is 0.844 bits per heavy atom. The van der Waals surface area contributed by atoms with Crippen molar-refractivity contribution in [1.82, 2.24) is 10.6 Å². The second kappa shape index (κ2) is 13.2. The molecule has 0 fully saturated rings. The maximum atomic E-state index is 5.66. The van der Waals surface area contributed by atoms with Crippen LogP contribution in [0.5, 0.6) is 28.7 Å². The van der Waals surface area contributed by atoms with Crippen LogP contribution in [-0.4, -0.2) is 54.6 Å². The van der Waals surface area contributed by atoms with Gasteiger partial charge in [0, 0.05) is 25.7 Å². The topological polar surface area (TPSA) is 82.6 Å². The lowest BCUT2D eigenvalue weighted by Gasteiger charge is -2.17. The van der Waals surface area contributed by atoms with Crippen molar-refractivity contribution < 1.29 is 23.7 Å². The van der Waals surface area contributed by atoms with Gasteiger partial charge in [0.15, 0.2) is 17.5 Å². The van der Waals surface area contributed by atoms with Crippen LogP contribution in [0.1, 0.15) is 24.5 Å². The van der Waals surface area contributed by atoms with Gasteiger partial charge in [-0.3, -0.25) is 4.99 Å². The highest BCUT2D eigenvalue weighted by atomic mass is 16.5. The molecule has 0 saturated heterocycles. The molecule has 0 bridgehead atoms. The first kappa shape index (κ1) is 25.0. The fourth-order valence-electron chi connectivity index (χ4n) is 3.29. The lowest BCUT2D eigenvalue weighted by molar-refractivity contribution is 0.310. The first-order valence-electron chi connectivity index (χ1n) is 10.6. The Morgan fingerprint density at radius 3 is 2.09 bits per heavy atom. The van der Waals surface area contributed by atoms with Crippen LogP contribution < -0.4 is 34.3 Å². The molecule has 0 amide bonds. The maximum absolute atomic E-state index is 5.66. The summed E-state index contributed by atoms with van der Waals surface area (Å²) >= 11 is 0. The number of hydrogen-bond donors (Lipinski definition) is 2. The van der Waals surface area contributed by atoms with Crippen molar-refractivity contribution in [2.45, 2.75) is 26.3 Å².